The Labute approximate surface area is 182 Å². The second-order valence-corrected chi connectivity index (χ2v) is 7.70. The molecule has 2 aromatic heterocycles. The quantitative estimate of drug-likeness (QED) is 0.357. The van der Waals surface area contributed by atoms with Gasteiger partial charge in [-0.3, -0.25) is 14.2 Å². The first-order chi connectivity index (χ1) is 15.1. The normalized spacial score (nSPS) is 10.9. The number of hydrogen-bond acceptors (Lipinski definition) is 5. The van der Waals surface area contributed by atoms with Gasteiger partial charge in [0, 0.05) is 12.7 Å². The Hall–Kier alpha value is -3.52. The zero-order valence-electron chi connectivity index (χ0n) is 16.5. The third kappa shape index (κ3) is 4.97. The van der Waals surface area contributed by atoms with Crippen LogP contribution in [0.3, 0.4) is 0 Å². The summed E-state index contributed by atoms with van der Waals surface area (Å²) in [6, 6.07) is 18.8. The highest BCUT2D eigenvalue weighted by Crippen LogP contribution is 2.20. The van der Waals surface area contributed by atoms with Gasteiger partial charge in [0.2, 0.25) is 5.91 Å². The Bertz CT molecular complexity index is 1260. The molecule has 0 aliphatic heterocycles. The number of halogens is 1. The molecule has 1 amide bonds. The number of carbonyl (C=O) groups is 1. The summed E-state index contributed by atoms with van der Waals surface area (Å²) in [6.45, 7) is 0.434. The summed E-state index contributed by atoms with van der Waals surface area (Å²) in [6.07, 6.45) is 2.18. The highest BCUT2D eigenvalue weighted by Gasteiger charge is 2.15. The smallest absolute Gasteiger partial charge is 0.268 e. The largest absolute Gasteiger partial charge is 0.355 e. The molecule has 4 aromatic rings. The fourth-order valence-electron chi connectivity index (χ4n) is 3.08. The number of hydrogen-bond donors (Lipinski definition) is 1. The summed E-state index contributed by atoms with van der Waals surface area (Å²) in [5.41, 5.74) is 1.72. The van der Waals surface area contributed by atoms with Crippen molar-refractivity contribution in [3.63, 3.8) is 0 Å². The van der Waals surface area contributed by atoms with Crippen molar-refractivity contribution >= 4 is 28.7 Å². The minimum atomic E-state index is -0.286. The molecular weight excluding hydrogens is 415 g/mol. The number of thioether (sulfide) groups is 1. The number of fused-ring (bicyclic) bond motifs is 1. The van der Waals surface area contributed by atoms with Crippen LogP contribution in [0.4, 0.5) is 4.39 Å². The number of aromatic nitrogens is 3. The minimum Gasteiger partial charge on any atom is -0.355 e. The van der Waals surface area contributed by atoms with Gasteiger partial charge >= 0.3 is 0 Å². The molecule has 2 aromatic carbocycles. The number of carbonyl (C=O) groups excluding carboxylic acids is 1. The molecule has 8 heteroatoms. The molecule has 0 saturated carbocycles. The summed E-state index contributed by atoms with van der Waals surface area (Å²) in [4.78, 5) is 34.1. The van der Waals surface area contributed by atoms with Crippen LogP contribution in [0.1, 0.15) is 5.56 Å². The molecule has 0 atom stereocenters. The third-order valence-electron chi connectivity index (χ3n) is 4.61. The number of nitrogens with one attached hydrogen (secondary N) is 1. The lowest BCUT2D eigenvalue weighted by Gasteiger charge is -2.12. The predicted molar refractivity (Wildman–Crippen MR) is 119 cm³/mol. The molecule has 6 nitrogen and oxygen atoms in total. The Morgan fingerprint density at radius 2 is 1.81 bits per heavy atom. The molecule has 4 rings (SSSR count). The lowest BCUT2D eigenvalue weighted by atomic mass is 10.1. The van der Waals surface area contributed by atoms with E-state index in [1.165, 1.54) is 28.5 Å². The molecule has 0 saturated heterocycles. The van der Waals surface area contributed by atoms with Gasteiger partial charge in [-0.1, -0.05) is 42.1 Å². The highest BCUT2D eigenvalue weighted by molar-refractivity contribution is 7.99. The predicted octanol–water partition coefficient (Wildman–Crippen LogP) is 3.37. The number of rotatable bonds is 7. The molecule has 31 heavy (non-hydrogen) atoms. The summed E-state index contributed by atoms with van der Waals surface area (Å²) in [5, 5.41) is 3.66. The van der Waals surface area contributed by atoms with E-state index < -0.39 is 0 Å². The van der Waals surface area contributed by atoms with Gasteiger partial charge in [0.25, 0.3) is 5.56 Å². The lowest BCUT2D eigenvalue weighted by molar-refractivity contribution is -0.118. The van der Waals surface area contributed by atoms with Gasteiger partial charge in [-0.05, 0) is 48.4 Å². The first-order valence-electron chi connectivity index (χ1n) is 9.69. The molecule has 0 radical (unpaired) electrons. The van der Waals surface area contributed by atoms with Crippen molar-refractivity contribution in [3.05, 3.63) is 94.7 Å². The molecule has 0 unspecified atom stereocenters. The maximum absolute atomic E-state index is 13.1. The van der Waals surface area contributed by atoms with Crippen LogP contribution in [0, 0.1) is 5.82 Å². The number of benzene rings is 2. The van der Waals surface area contributed by atoms with Gasteiger partial charge in [0.05, 0.1) is 16.8 Å². The van der Waals surface area contributed by atoms with Crippen LogP contribution in [-0.2, 0) is 11.2 Å². The van der Waals surface area contributed by atoms with Crippen molar-refractivity contribution in [1.29, 1.82) is 0 Å². The van der Waals surface area contributed by atoms with Gasteiger partial charge in [0.15, 0.2) is 10.8 Å². The van der Waals surface area contributed by atoms with Crippen LogP contribution in [0.2, 0.25) is 0 Å². The molecule has 1 N–H and O–H groups in total. The van der Waals surface area contributed by atoms with Gasteiger partial charge in [-0.2, -0.15) is 0 Å². The first-order valence-corrected chi connectivity index (χ1v) is 10.7. The molecule has 0 aliphatic carbocycles. The van der Waals surface area contributed by atoms with E-state index in [9.17, 15) is 14.0 Å². The van der Waals surface area contributed by atoms with E-state index in [1.807, 2.05) is 30.3 Å². The zero-order valence-corrected chi connectivity index (χ0v) is 17.3. The number of nitrogens with zero attached hydrogens (tertiary/aromatic N) is 3. The number of pyridine rings is 1. The molecule has 156 valence electrons. The summed E-state index contributed by atoms with van der Waals surface area (Å²) in [5.74, 6) is -0.366. The van der Waals surface area contributed by atoms with Gasteiger partial charge in [-0.15, -0.1) is 0 Å². The van der Waals surface area contributed by atoms with E-state index in [0.29, 0.717) is 34.8 Å². The number of para-hydroxylation sites is 1. The lowest BCUT2D eigenvalue weighted by Crippen LogP contribution is -2.28. The Kier molecular flexibility index (Phi) is 6.37. The van der Waals surface area contributed by atoms with Crippen LogP contribution < -0.4 is 10.9 Å². The van der Waals surface area contributed by atoms with E-state index >= 15 is 0 Å². The third-order valence-corrected chi connectivity index (χ3v) is 5.55. The second kappa shape index (κ2) is 9.53. The number of amides is 1. The van der Waals surface area contributed by atoms with Gasteiger partial charge < -0.3 is 5.32 Å². The Balaban J connectivity index is 1.49. The Morgan fingerprint density at radius 3 is 2.58 bits per heavy atom. The molecule has 0 aliphatic rings. The maximum Gasteiger partial charge on any atom is 0.268 e. The van der Waals surface area contributed by atoms with Crippen molar-refractivity contribution in [1.82, 2.24) is 19.9 Å². The van der Waals surface area contributed by atoms with E-state index in [4.69, 9.17) is 0 Å². The van der Waals surface area contributed by atoms with Crippen LogP contribution in [-0.4, -0.2) is 32.7 Å². The van der Waals surface area contributed by atoms with Crippen LogP contribution in [0.25, 0.3) is 16.7 Å². The summed E-state index contributed by atoms with van der Waals surface area (Å²) < 4.78 is 14.5. The molecule has 0 bridgehead atoms. The molecular formula is C23H19FN4O2S. The fourth-order valence-corrected chi connectivity index (χ4v) is 3.91. The van der Waals surface area contributed by atoms with Crippen LogP contribution in [0.15, 0.2) is 82.9 Å². The summed E-state index contributed by atoms with van der Waals surface area (Å²) >= 11 is 1.18. The second-order valence-electron chi connectivity index (χ2n) is 6.76. The summed E-state index contributed by atoms with van der Waals surface area (Å²) in [7, 11) is 0. The van der Waals surface area contributed by atoms with E-state index in [2.05, 4.69) is 15.3 Å². The van der Waals surface area contributed by atoms with Crippen LogP contribution >= 0.6 is 11.8 Å². The van der Waals surface area contributed by atoms with Crippen molar-refractivity contribution in [2.45, 2.75) is 11.6 Å². The average molecular weight is 434 g/mol. The van der Waals surface area contributed by atoms with Crippen molar-refractivity contribution in [2.24, 2.45) is 0 Å². The zero-order chi connectivity index (χ0) is 21.6. The van der Waals surface area contributed by atoms with Gasteiger partial charge in [-0.25, -0.2) is 14.4 Å². The first kappa shape index (κ1) is 20.7. The molecule has 0 spiro atoms. The maximum atomic E-state index is 13.1. The SMILES string of the molecule is O=C(CSc1nc2ncccc2c(=O)n1-c1ccccc1)NCCc1ccc(F)cc1. The molecule has 2 heterocycles. The van der Waals surface area contributed by atoms with Crippen molar-refractivity contribution in [3.8, 4) is 5.69 Å². The van der Waals surface area contributed by atoms with E-state index in [1.54, 1.807) is 30.5 Å². The monoisotopic (exact) mass is 434 g/mol. The standard InChI is InChI=1S/C23H19FN4O2S/c24-17-10-8-16(9-11-17)12-14-25-20(29)15-31-23-27-21-19(7-4-13-26-21)22(30)28(23)18-5-2-1-3-6-18/h1-11,13H,12,14-15H2,(H,25,29). The van der Waals surface area contributed by atoms with E-state index in [0.717, 1.165) is 5.56 Å². The molecule has 0 fully saturated rings. The van der Waals surface area contributed by atoms with Gasteiger partial charge in [0.1, 0.15) is 5.82 Å². The Morgan fingerprint density at radius 1 is 1.03 bits per heavy atom. The van der Waals surface area contributed by atoms with E-state index in [-0.39, 0.29) is 23.0 Å². The highest BCUT2D eigenvalue weighted by atomic mass is 32.2. The minimum absolute atomic E-state index is 0.0982. The van der Waals surface area contributed by atoms with Crippen molar-refractivity contribution < 1.29 is 9.18 Å². The van der Waals surface area contributed by atoms with Crippen LogP contribution in [0.5, 0.6) is 0 Å². The topological polar surface area (TPSA) is 76.9 Å². The fraction of sp³-hybridized carbons (Fsp3) is 0.130. The van der Waals surface area contributed by atoms with Crippen molar-refractivity contribution in [2.75, 3.05) is 12.3 Å². The average Bonchev–Trinajstić information content (AvgIpc) is 2.80.